The summed E-state index contributed by atoms with van der Waals surface area (Å²) in [5.74, 6) is 0. The molecule has 1 N–H and O–H groups in total. The topological polar surface area (TPSA) is 27.1 Å². The molecule has 2 nitrogen and oxygen atoms in total. The van der Waals surface area contributed by atoms with Crippen LogP contribution < -0.4 is 0 Å². The zero-order chi connectivity index (χ0) is 6.57. The smallest absolute Gasteiger partial charge is 0.0739 e. The minimum Gasteiger partial charge on any atom is -0.382 e. The Kier molecular flexibility index (Phi) is 3.28. The number of nitrogens with one attached hydrogen (secondary N) is 1. The summed E-state index contributed by atoms with van der Waals surface area (Å²) in [5.41, 5.74) is 0. The Morgan fingerprint density at radius 2 is 2.12 bits per heavy atom. The molecule has 0 aliphatic carbocycles. The predicted molar refractivity (Wildman–Crippen MR) is 36.4 cm³/mol. The van der Waals surface area contributed by atoms with Crippen molar-refractivity contribution in [1.82, 2.24) is 4.90 Å². The Morgan fingerprint density at radius 3 is 2.25 bits per heavy atom. The van der Waals surface area contributed by atoms with Gasteiger partial charge in [0, 0.05) is 26.5 Å². The van der Waals surface area contributed by atoms with E-state index in [1.54, 1.807) is 11.1 Å². The van der Waals surface area contributed by atoms with Gasteiger partial charge in [-0.25, -0.2) is 0 Å². The average Bonchev–Trinajstić information content (AvgIpc) is 1.65. The van der Waals surface area contributed by atoms with E-state index in [9.17, 15) is 0 Å². The van der Waals surface area contributed by atoms with Gasteiger partial charge in [0.25, 0.3) is 0 Å². The highest BCUT2D eigenvalue weighted by molar-refractivity contribution is 6.38. The second-order valence-electron chi connectivity index (χ2n) is 1.62. The summed E-state index contributed by atoms with van der Waals surface area (Å²) in [4.78, 5) is 1.79. The highest BCUT2D eigenvalue weighted by Gasteiger charge is 1.82. The van der Waals surface area contributed by atoms with E-state index in [1.807, 2.05) is 14.1 Å². The van der Waals surface area contributed by atoms with E-state index in [0.717, 1.165) is 6.21 Å². The van der Waals surface area contributed by atoms with Gasteiger partial charge < -0.3 is 10.3 Å². The van der Waals surface area contributed by atoms with E-state index < -0.39 is 0 Å². The number of hydrogen-bond acceptors (Lipinski definition) is 2. The molecule has 0 atom stereocenters. The molecular formula is C5H9ClN2. The molecular weight excluding hydrogens is 124 g/mol. The summed E-state index contributed by atoms with van der Waals surface area (Å²) < 4.78 is 0. The van der Waals surface area contributed by atoms with Crippen molar-refractivity contribution >= 4 is 17.8 Å². The molecule has 0 aromatic rings. The maximum Gasteiger partial charge on any atom is 0.0739 e. The van der Waals surface area contributed by atoms with E-state index in [2.05, 4.69) is 0 Å². The molecule has 8 heavy (non-hydrogen) atoms. The molecule has 0 unspecified atom stereocenters. The molecule has 0 bridgehead atoms. The highest BCUT2D eigenvalue weighted by atomic mass is 35.5. The van der Waals surface area contributed by atoms with Gasteiger partial charge in [-0.15, -0.1) is 0 Å². The lowest BCUT2D eigenvalue weighted by atomic mass is 10.6. The Labute approximate surface area is 54.3 Å². The Bertz CT molecular complexity index is 107. The molecule has 3 heteroatoms. The summed E-state index contributed by atoms with van der Waals surface area (Å²) in [5, 5.41) is 7.09. The quantitative estimate of drug-likeness (QED) is 0.563. The number of rotatable bonds is 2. The third kappa shape index (κ3) is 3.68. The van der Waals surface area contributed by atoms with Crippen LogP contribution in [0.3, 0.4) is 0 Å². The second-order valence-corrected chi connectivity index (χ2v) is 2.06. The van der Waals surface area contributed by atoms with Crippen LogP contribution in [0.4, 0.5) is 0 Å². The lowest BCUT2D eigenvalue weighted by Crippen LogP contribution is -2.01. The van der Waals surface area contributed by atoms with Crippen LogP contribution in [0.25, 0.3) is 0 Å². The Balaban J connectivity index is 3.74. The van der Waals surface area contributed by atoms with E-state index >= 15 is 0 Å². The molecule has 0 aromatic heterocycles. The SMILES string of the molecule is CN(C)C=C(Cl)C=N. The molecule has 0 rings (SSSR count). The van der Waals surface area contributed by atoms with Crippen LogP contribution in [0, 0.1) is 5.41 Å². The van der Waals surface area contributed by atoms with Crippen LogP contribution in [-0.2, 0) is 0 Å². The molecule has 0 aromatic carbocycles. The van der Waals surface area contributed by atoms with E-state index in [4.69, 9.17) is 17.0 Å². The maximum absolute atomic E-state index is 6.65. The molecule has 0 amide bonds. The Morgan fingerprint density at radius 1 is 1.62 bits per heavy atom. The fourth-order valence-corrected chi connectivity index (χ4v) is 0.479. The molecule has 0 saturated heterocycles. The van der Waals surface area contributed by atoms with Gasteiger partial charge in [-0.1, -0.05) is 11.6 Å². The summed E-state index contributed by atoms with van der Waals surface area (Å²) in [6.07, 6.45) is 2.76. The first-order valence-electron chi connectivity index (χ1n) is 2.21. The third-order valence-electron chi connectivity index (χ3n) is 0.519. The Hall–Kier alpha value is -0.500. The van der Waals surface area contributed by atoms with Crippen molar-refractivity contribution in [2.75, 3.05) is 14.1 Å². The first-order valence-corrected chi connectivity index (χ1v) is 2.59. The van der Waals surface area contributed by atoms with Gasteiger partial charge in [-0.2, -0.15) is 0 Å². The normalized spacial score (nSPS) is 11.1. The summed E-state index contributed by atoms with van der Waals surface area (Å²) in [6, 6.07) is 0. The first kappa shape index (κ1) is 7.50. The summed E-state index contributed by atoms with van der Waals surface area (Å²) in [6.45, 7) is 0. The zero-order valence-corrected chi connectivity index (χ0v) is 5.74. The molecule has 0 aliphatic rings. The lowest BCUT2D eigenvalue weighted by Gasteiger charge is -2.02. The largest absolute Gasteiger partial charge is 0.382 e. The minimum absolute atomic E-state index is 0.440. The van der Waals surface area contributed by atoms with Crippen molar-refractivity contribution < 1.29 is 0 Å². The van der Waals surface area contributed by atoms with Gasteiger partial charge in [-0.05, 0) is 0 Å². The van der Waals surface area contributed by atoms with Crippen LogP contribution in [0.2, 0.25) is 0 Å². The summed E-state index contributed by atoms with van der Waals surface area (Å²) >= 11 is 5.44. The van der Waals surface area contributed by atoms with Crippen molar-refractivity contribution in [2.24, 2.45) is 0 Å². The molecule has 46 valence electrons. The summed E-state index contributed by atoms with van der Waals surface area (Å²) in [7, 11) is 3.71. The standard InChI is InChI=1S/C5H9ClN2/c1-8(2)4-5(6)3-7/h3-4,7H,1-2H3. The van der Waals surface area contributed by atoms with Crippen molar-refractivity contribution in [1.29, 1.82) is 5.41 Å². The number of halogens is 1. The van der Waals surface area contributed by atoms with Gasteiger partial charge in [0.05, 0.1) is 5.03 Å². The van der Waals surface area contributed by atoms with E-state index in [0.29, 0.717) is 5.03 Å². The van der Waals surface area contributed by atoms with E-state index in [1.165, 1.54) is 0 Å². The van der Waals surface area contributed by atoms with Crippen molar-refractivity contribution in [3.05, 3.63) is 11.2 Å². The van der Waals surface area contributed by atoms with Crippen LogP contribution in [-0.4, -0.2) is 25.2 Å². The van der Waals surface area contributed by atoms with Crippen LogP contribution >= 0.6 is 11.6 Å². The first-order chi connectivity index (χ1) is 3.66. The van der Waals surface area contributed by atoms with Crippen LogP contribution in [0.15, 0.2) is 11.2 Å². The fraction of sp³-hybridized carbons (Fsp3) is 0.400. The number of allylic oxidation sites excluding steroid dienone is 1. The molecule has 0 saturated carbocycles. The van der Waals surface area contributed by atoms with Crippen molar-refractivity contribution in [3.63, 3.8) is 0 Å². The predicted octanol–water partition coefficient (Wildman–Crippen LogP) is 1.28. The lowest BCUT2D eigenvalue weighted by molar-refractivity contribution is 0.563. The van der Waals surface area contributed by atoms with Crippen molar-refractivity contribution in [2.45, 2.75) is 0 Å². The van der Waals surface area contributed by atoms with Gasteiger partial charge >= 0.3 is 0 Å². The monoisotopic (exact) mass is 132 g/mol. The van der Waals surface area contributed by atoms with Crippen LogP contribution in [0.5, 0.6) is 0 Å². The van der Waals surface area contributed by atoms with Crippen molar-refractivity contribution in [3.8, 4) is 0 Å². The fourth-order valence-electron chi connectivity index (χ4n) is 0.284. The minimum atomic E-state index is 0.440. The zero-order valence-electron chi connectivity index (χ0n) is 4.98. The van der Waals surface area contributed by atoms with Gasteiger partial charge in [-0.3, -0.25) is 0 Å². The third-order valence-corrected chi connectivity index (χ3v) is 0.726. The highest BCUT2D eigenvalue weighted by Crippen LogP contribution is 1.95. The number of hydrogen-bond donors (Lipinski definition) is 1. The molecule has 0 radical (unpaired) electrons. The molecule has 0 fully saturated rings. The molecule has 0 aliphatic heterocycles. The molecule has 0 spiro atoms. The van der Waals surface area contributed by atoms with Crippen LogP contribution in [0.1, 0.15) is 0 Å². The average molecular weight is 133 g/mol. The van der Waals surface area contributed by atoms with E-state index in [-0.39, 0.29) is 0 Å². The second kappa shape index (κ2) is 3.50. The van der Waals surface area contributed by atoms with Gasteiger partial charge in [0.15, 0.2) is 0 Å². The van der Waals surface area contributed by atoms with Gasteiger partial charge in [0.1, 0.15) is 0 Å². The van der Waals surface area contributed by atoms with Gasteiger partial charge in [0.2, 0.25) is 0 Å². The maximum atomic E-state index is 6.65. The molecule has 0 heterocycles. The number of nitrogens with zero attached hydrogens (tertiary/aromatic N) is 1.